The molecule has 0 bridgehead atoms. The average molecular weight is 363 g/mol. The van der Waals surface area contributed by atoms with Crippen molar-refractivity contribution >= 4 is 29.5 Å². The molecule has 1 aliphatic heterocycles. The van der Waals surface area contributed by atoms with E-state index in [4.69, 9.17) is 4.74 Å². The second-order valence-electron chi connectivity index (χ2n) is 6.00. The summed E-state index contributed by atoms with van der Waals surface area (Å²) in [5.41, 5.74) is 2.42. The molecule has 0 fully saturated rings. The van der Waals surface area contributed by atoms with Gasteiger partial charge in [-0.3, -0.25) is 9.59 Å². The van der Waals surface area contributed by atoms with Crippen LogP contribution in [-0.4, -0.2) is 25.2 Å². The topological polar surface area (TPSA) is 46.6 Å². The maximum atomic E-state index is 12.5. The first-order chi connectivity index (χ1) is 12.8. The maximum absolute atomic E-state index is 12.5. The van der Waals surface area contributed by atoms with Crippen LogP contribution in [0.15, 0.2) is 76.2 Å². The predicted molar refractivity (Wildman–Crippen MR) is 103 cm³/mol. The average Bonchev–Trinajstić information content (AvgIpc) is 2.68. The maximum Gasteiger partial charge on any atom is 0.202 e. The number of allylic oxidation sites excluding steroid dienone is 3. The highest BCUT2D eigenvalue weighted by atomic mass is 32.2. The van der Waals surface area contributed by atoms with E-state index in [-0.39, 0.29) is 5.78 Å². The number of ether oxygens (including phenoxy) is 1. The largest absolute Gasteiger partial charge is 0.492 e. The zero-order valence-corrected chi connectivity index (χ0v) is 14.9. The molecule has 0 radical (unpaired) electrons. The molecular formula is C21H17NO3S. The number of carbonyl (C=O) groups is 2. The van der Waals surface area contributed by atoms with Crippen LogP contribution in [0.4, 0.5) is 5.69 Å². The Labute approximate surface area is 156 Å². The van der Waals surface area contributed by atoms with Crippen molar-refractivity contribution in [3.8, 4) is 5.75 Å². The van der Waals surface area contributed by atoms with Gasteiger partial charge in [0, 0.05) is 15.4 Å². The van der Waals surface area contributed by atoms with Crippen LogP contribution >= 0.6 is 11.8 Å². The Morgan fingerprint density at radius 1 is 1.12 bits per heavy atom. The fourth-order valence-corrected chi connectivity index (χ4v) is 4.29. The Morgan fingerprint density at radius 3 is 2.73 bits per heavy atom. The Hall–Kier alpha value is -2.79. The number of rotatable bonds is 5. The minimum Gasteiger partial charge on any atom is -0.492 e. The van der Waals surface area contributed by atoms with Gasteiger partial charge in [-0.2, -0.15) is 0 Å². The summed E-state index contributed by atoms with van der Waals surface area (Å²) < 4.78 is 5.82. The second-order valence-corrected chi connectivity index (χ2v) is 7.14. The quantitative estimate of drug-likeness (QED) is 0.744. The van der Waals surface area contributed by atoms with E-state index in [0.29, 0.717) is 24.5 Å². The van der Waals surface area contributed by atoms with Crippen molar-refractivity contribution in [1.29, 1.82) is 0 Å². The van der Waals surface area contributed by atoms with E-state index in [0.717, 1.165) is 33.9 Å². The minimum atomic E-state index is 0.0450. The molecule has 26 heavy (non-hydrogen) atoms. The number of para-hydroxylation sites is 1. The van der Waals surface area contributed by atoms with Crippen molar-refractivity contribution in [2.45, 2.75) is 11.3 Å². The van der Waals surface area contributed by atoms with Crippen molar-refractivity contribution in [2.75, 3.05) is 18.1 Å². The van der Waals surface area contributed by atoms with Gasteiger partial charge >= 0.3 is 0 Å². The molecule has 4 rings (SSSR count). The molecule has 0 aromatic heterocycles. The normalized spacial score (nSPS) is 15.5. The van der Waals surface area contributed by atoms with Gasteiger partial charge in [0.2, 0.25) is 5.78 Å². The lowest BCUT2D eigenvalue weighted by atomic mass is 10.1. The molecule has 2 aliphatic rings. The molecule has 5 heteroatoms. The van der Waals surface area contributed by atoms with E-state index >= 15 is 0 Å². The van der Waals surface area contributed by atoms with Crippen LogP contribution in [0.1, 0.15) is 16.8 Å². The summed E-state index contributed by atoms with van der Waals surface area (Å²) in [6, 6.07) is 15.1. The Morgan fingerprint density at radius 2 is 1.92 bits per heavy atom. The highest BCUT2D eigenvalue weighted by molar-refractivity contribution is 8.03. The number of nitrogens with zero attached hydrogens (tertiary/aromatic N) is 1. The molecule has 0 unspecified atom stereocenters. The smallest absolute Gasteiger partial charge is 0.202 e. The summed E-state index contributed by atoms with van der Waals surface area (Å²) in [5, 5.41) is 0. The number of ketones is 1. The van der Waals surface area contributed by atoms with Gasteiger partial charge in [-0.25, -0.2) is 0 Å². The molecule has 1 aliphatic carbocycles. The molecule has 0 atom stereocenters. The Kier molecular flexibility index (Phi) is 4.63. The molecule has 130 valence electrons. The van der Waals surface area contributed by atoms with E-state index < -0.39 is 0 Å². The molecule has 2 aromatic rings. The lowest BCUT2D eigenvalue weighted by Gasteiger charge is -2.34. The van der Waals surface area contributed by atoms with Gasteiger partial charge in [0.05, 0.1) is 17.9 Å². The molecule has 0 saturated carbocycles. The molecule has 0 amide bonds. The fourth-order valence-electron chi connectivity index (χ4n) is 3.11. The zero-order valence-electron chi connectivity index (χ0n) is 14.1. The summed E-state index contributed by atoms with van der Waals surface area (Å²) >= 11 is 1.67. The van der Waals surface area contributed by atoms with Gasteiger partial charge in [-0.05, 0) is 48.9 Å². The first kappa shape index (κ1) is 16.7. The molecule has 0 saturated heterocycles. The number of anilines is 1. The van der Waals surface area contributed by atoms with Crippen molar-refractivity contribution < 1.29 is 14.3 Å². The first-order valence-corrected chi connectivity index (χ1v) is 9.24. The number of carbonyl (C=O) groups excluding carboxylic acids is 2. The number of benzene rings is 2. The zero-order chi connectivity index (χ0) is 17.9. The summed E-state index contributed by atoms with van der Waals surface area (Å²) in [7, 11) is 0. The highest BCUT2D eigenvalue weighted by Crippen LogP contribution is 2.45. The van der Waals surface area contributed by atoms with Gasteiger partial charge < -0.3 is 9.64 Å². The van der Waals surface area contributed by atoms with Crippen molar-refractivity contribution in [2.24, 2.45) is 0 Å². The molecule has 0 spiro atoms. The number of hydrogen-bond acceptors (Lipinski definition) is 5. The van der Waals surface area contributed by atoms with Gasteiger partial charge in [0.25, 0.3) is 0 Å². The summed E-state index contributed by atoms with van der Waals surface area (Å²) in [5.74, 6) is 0.753. The van der Waals surface area contributed by atoms with Crippen LogP contribution in [0.3, 0.4) is 0 Å². The number of thioether (sulfide) groups is 1. The lowest BCUT2D eigenvalue weighted by Crippen LogP contribution is -2.34. The SMILES string of the molecule is O=Cc1ccc(OCCN2C3=C(CC=CC3=O)Sc3ccccc32)cc1. The second kappa shape index (κ2) is 7.22. The van der Waals surface area contributed by atoms with E-state index in [1.165, 1.54) is 0 Å². The van der Waals surface area contributed by atoms with E-state index in [1.807, 2.05) is 24.3 Å². The molecule has 4 nitrogen and oxygen atoms in total. The van der Waals surface area contributed by atoms with Crippen LogP contribution < -0.4 is 9.64 Å². The molecule has 1 heterocycles. The first-order valence-electron chi connectivity index (χ1n) is 8.43. The summed E-state index contributed by atoms with van der Waals surface area (Å²) in [6.07, 6.45) is 5.16. The van der Waals surface area contributed by atoms with Gasteiger partial charge in [-0.15, -0.1) is 0 Å². The van der Waals surface area contributed by atoms with Crippen LogP contribution in [0.5, 0.6) is 5.75 Å². The van der Waals surface area contributed by atoms with Crippen LogP contribution in [-0.2, 0) is 4.79 Å². The van der Waals surface area contributed by atoms with Gasteiger partial charge in [0.15, 0.2) is 0 Å². The lowest BCUT2D eigenvalue weighted by molar-refractivity contribution is -0.111. The predicted octanol–water partition coefficient (Wildman–Crippen LogP) is 4.23. The van der Waals surface area contributed by atoms with Crippen LogP contribution in [0.2, 0.25) is 0 Å². The van der Waals surface area contributed by atoms with Crippen molar-refractivity contribution in [1.82, 2.24) is 0 Å². The fraction of sp³-hybridized carbons (Fsp3) is 0.143. The number of hydrogen-bond donors (Lipinski definition) is 0. The van der Waals surface area contributed by atoms with Crippen molar-refractivity contribution in [3.63, 3.8) is 0 Å². The third-order valence-corrected chi connectivity index (χ3v) is 5.50. The third-order valence-electron chi connectivity index (χ3n) is 4.33. The van der Waals surface area contributed by atoms with Crippen LogP contribution in [0, 0.1) is 0 Å². The monoisotopic (exact) mass is 363 g/mol. The number of aldehydes is 1. The molecular weight excluding hydrogens is 346 g/mol. The Balaban J connectivity index is 1.54. The van der Waals surface area contributed by atoms with Gasteiger partial charge in [-0.1, -0.05) is 30.0 Å². The Bertz CT molecular complexity index is 915. The summed E-state index contributed by atoms with van der Waals surface area (Å²) in [6.45, 7) is 1.01. The van der Waals surface area contributed by atoms with Crippen LogP contribution in [0.25, 0.3) is 0 Å². The molecule has 2 aromatic carbocycles. The minimum absolute atomic E-state index is 0.0450. The highest BCUT2D eigenvalue weighted by Gasteiger charge is 2.30. The van der Waals surface area contributed by atoms with E-state index in [1.54, 1.807) is 42.1 Å². The standard InChI is InChI=1S/C21H17NO3S/c23-14-15-8-10-16(11-9-15)25-13-12-22-17-4-1-2-6-19(17)26-20-7-3-5-18(24)21(20)22/h1-6,8-11,14H,7,12-13H2. The number of fused-ring (bicyclic) bond motifs is 1. The summed E-state index contributed by atoms with van der Waals surface area (Å²) in [4.78, 5) is 27.5. The van der Waals surface area contributed by atoms with Gasteiger partial charge in [0.1, 0.15) is 18.6 Å². The third kappa shape index (κ3) is 3.18. The van der Waals surface area contributed by atoms with Crippen molar-refractivity contribution in [3.05, 3.63) is 76.8 Å². The molecule has 0 N–H and O–H groups in total. The van der Waals surface area contributed by atoms with E-state index in [2.05, 4.69) is 11.0 Å². The van der Waals surface area contributed by atoms with E-state index in [9.17, 15) is 9.59 Å².